The Bertz CT molecular complexity index is 970. The summed E-state index contributed by atoms with van der Waals surface area (Å²) in [6.07, 6.45) is 3.61. The van der Waals surface area contributed by atoms with Crippen LogP contribution in [0.3, 0.4) is 0 Å². The third-order valence-electron chi connectivity index (χ3n) is 5.03. The van der Waals surface area contributed by atoms with Gasteiger partial charge in [-0.25, -0.2) is 8.42 Å². The Morgan fingerprint density at radius 3 is 2.45 bits per heavy atom. The lowest BCUT2D eigenvalue weighted by atomic mass is 10.2. The average molecular weight is 420 g/mol. The summed E-state index contributed by atoms with van der Waals surface area (Å²) in [6, 6.07) is 11.4. The lowest BCUT2D eigenvalue weighted by molar-refractivity contribution is -0.384. The van der Waals surface area contributed by atoms with Gasteiger partial charge in [-0.15, -0.1) is 0 Å². The van der Waals surface area contributed by atoms with Crippen molar-refractivity contribution in [1.29, 1.82) is 0 Å². The molecule has 3 rings (SSSR count). The minimum absolute atomic E-state index is 0.0473. The highest BCUT2D eigenvalue weighted by Gasteiger charge is 2.28. The molecule has 0 unspecified atom stereocenters. The molecule has 1 aliphatic rings. The van der Waals surface area contributed by atoms with Crippen LogP contribution in [-0.2, 0) is 16.6 Å². The Kier molecular flexibility index (Phi) is 6.71. The van der Waals surface area contributed by atoms with E-state index in [0.717, 1.165) is 37.3 Å². The highest BCUT2D eigenvalue weighted by Crippen LogP contribution is 2.31. The molecule has 1 aliphatic heterocycles. The Labute approximate surface area is 170 Å². The second-order valence-electron chi connectivity index (χ2n) is 6.92. The number of para-hydroxylation sites is 1. The molecule has 1 fully saturated rings. The minimum Gasteiger partial charge on any atom is -0.496 e. The number of anilines is 1. The molecule has 2 aromatic rings. The highest BCUT2D eigenvalue weighted by molar-refractivity contribution is 7.89. The number of nitro benzene ring substituents is 1. The summed E-state index contributed by atoms with van der Waals surface area (Å²) in [5, 5.41) is 14.6. The van der Waals surface area contributed by atoms with E-state index < -0.39 is 14.9 Å². The van der Waals surface area contributed by atoms with E-state index >= 15 is 0 Å². The second kappa shape index (κ2) is 9.23. The van der Waals surface area contributed by atoms with Gasteiger partial charge in [0, 0.05) is 31.3 Å². The molecule has 2 aromatic carbocycles. The normalized spacial score (nSPS) is 15.5. The number of hydrogen-bond donors (Lipinski definition) is 1. The Hall–Kier alpha value is -2.65. The molecule has 0 aromatic heterocycles. The molecule has 156 valence electrons. The van der Waals surface area contributed by atoms with Gasteiger partial charge in [0.05, 0.1) is 16.9 Å². The first-order valence-electron chi connectivity index (χ1n) is 9.58. The van der Waals surface area contributed by atoms with Crippen LogP contribution in [0.25, 0.3) is 0 Å². The van der Waals surface area contributed by atoms with Crippen LogP contribution in [0.4, 0.5) is 11.4 Å². The van der Waals surface area contributed by atoms with Gasteiger partial charge in [0.25, 0.3) is 5.69 Å². The zero-order valence-electron chi connectivity index (χ0n) is 16.3. The summed E-state index contributed by atoms with van der Waals surface area (Å²) in [7, 11) is -2.20. The summed E-state index contributed by atoms with van der Waals surface area (Å²) in [5.74, 6) is 0.669. The number of hydrogen-bond acceptors (Lipinski definition) is 6. The van der Waals surface area contributed by atoms with Crippen molar-refractivity contribution in [2.24, 2.45) is 0 Å². The number of rotatable bonds is 7. The first-order valence-corrected chi connectivity index (χ1v) is 11.0. The van der Waals surface area contributed by atoms with Gasteiger partial charge in [0.2, 0.25) is 10.0 Å². The number of methoxy groups -OCH3 is 1. The SMILES string of the molecule is COc1ccccc1CNc1ccc(S(=O)(=O)N2CCCCCC2)cc1[N+](=O)[O-]. The van der Waals surface area contributed by atoms with Crippen molar-refractivity contribution in [2.45, 2.75) is 37.1 Å². The van der Waals surface area contributed by atoms with Gasteiger partial charge in [-0.2, -0.15) is 4.31 Å². The van der Waals surface area contributed by atoms with E-state index in [1.165, 1.54) is 16.4 Å². The molecule has 1 heterocycles. The molecular weight excluding hydrogens is 394 g/mol. The fourth-order valence-corrected chi connectivity index (χ4v) is 4.98. The van der Waals surface area contributed by atoms with Gasteiger partial charge in [-0.1, -0.05) is 31.0 Å². The van der Waals surface area contributed by atoms with Gasteiger partial charge in [-0.3, -0.25) is 10.1 Å². The molecule has 1 N–H and O–H groups in total. The van der Waals surface area contributed by atoms with E-state index in [0.29, 0.717) is 25.4 Å². The summed E-state index contributed by atoms with van der Waals surface area (Å²) >= 11 is 0. The third kappa shape index (κ3) is 4.86. The molecule has 29 heavy (non-hydrogen) atoms. The van der Waals surface area contributed by atoms with Gasteiger partial charge >= 0.3 is 0 Å². The zero-order valence-corrected chi connectivity index (χ0v) is 17.2. The lowest BCUT2D eigenvalue weighted by Gasteiger charge is -2.20. The van der Waals surface area contributed by atoms with Crippen molar-refractivity contribution in [3.05, 3.63) is 58.1 Å². The van der Waals surface area contributed by atoms with E-state index in [2.05, 4.69) is 5.32 Å². The van der Waals surface area contributed by atoms with E-state index in [1.807, 2.05) is 24.3 Å². The van der Waals surface area contributed by atoms with Crippen LogP contribution >= 0.6 is 0 Å². The minimum atomic E-state index is -3.75. The van der Waals surface area contributed by atoms with Crippen LogP contribution in [-0.4, -0.2) is 37.8 Å². The summed E-state index contributed by atoms with van der Waals surface area (Å²) in [5.41, 5.74) is 0.831. The van der Waals surface area contributed by atoms with Gasteiger partial charge in [0.15, 0.2) is 0 Å². The van der Waals surface area contributed by atoms with Crippen molar-refractivity contribution in [2.75, 3.05) is 25.5 Å². The van der Waals surface area contributed by atoms with Crippen LogP contribution in [0, 0.1) is 10.1 Å². The Morgan fingerprint density at radius 2 is 1.79 bits per heavy atom. The van der Waals surface area contributed by atoms with Crippen molar-refractivity contribution in [3.63, 3.8) is 0 Å². The van der Waals surface area contributed by atoms with E-state index in [1.54, 1.807) is 7.11 Å². The summed E-state index contributed by atoms with van der Waals surface area (Å²) in [6.45, 7) is 1.21. The highest BCUT2D eigenvalue weighted by atomic mass is 32.2. The van der Waals surface area contributed by atoms with Crippen molar-refractivity contribution < 1.29 is 18.1 Å². The molecule has 0 radical (unpaired) electrons. The van der Waals surface area contributed by atoms with E-state index in [-0.39, 0.29) is 16.3 Å². The average Bonchev–Trinajstić information content (AvgIpc) is 3.02. The predicted octanol–water partition coefficient (Wildman–Crippen LogP) is 3.78. The number of sulfonamides is 1. The maximum absolute atomic E-state index is 13.0. The first kappa shape index (κ1) is 21.1. The topological polar surface area (TPSA) is 102 Å². The van der Waals surface area contributed by atoms with Crippen LogP contribution in [0.2, 0.25) is 0 Å². The van der Waals surface area contributed by atoms with Gasteiger partial charge in [0.1, 0.15) is 11.4 Å². The van der Waals surface area contributed by atoms with E-state index in [4.69, 9.17) is 4.74 Å². The predicted molar refractivity (Wildman–Crippen MR) is 111 cm³/mol. The first-order chi connectivity index (χ1) is 13.9. The number of benzene rings is 2. The maximum atomic E-state index is 13.0. The third-order valence-corrected chi connectivity index (χ3v) is 6.93. The van der Waals surface area contributed by atoms with Gasteiger partial charge < -0.3 is 10.1 Å². The monoisotopic (exact) mass is 419 g/mol. The standard InChI is InChI=1S/C20H25N3O5S/c1-28-20-9-5-4-8-16(20)15-21-18-11-10-17(14-19(18)23(24)25)29(26,27)22-12-6-2-3-7-13-22/h4-5,8-11,14,21H,2-3,6-7,12-13,15H2,1H3. The number of nitro groups is 1. The summed E-state index contributed by atoms with van der Waals surface area (Å²) < 4.78 is 32.6. The molecule has 0 atom stereocenters. The fraction of sp³-hybridized carbons (Fsp3) is 0.400. The lowest BCUT2D eigenvalue weighted by Crippen LogP contribution is -2.32. The summed E-state index contributed by atoms with van der Waals surface area (Å²) in [4.78, 5) is 11.0. The van der Waals surface area contributed by atoms with Gasteiger partial charge in [-0.05, 0) is 31.0 Å². The van der Waals surface area contributed by atoms with Crippen LogP contribution in [0.15, 0.2) is 47.4 Å². The van der Waals surface area contributed by atoms with Crippen molar-refractivity contribution >= 4 is 21.4 Å². The second-order valence-corrected chi connectivity index (χ2v) is 8.86. The van der Waals surface area contributed by atoms with Crippen molar-refractivity contribution in [3.8, 4) is 5.75 Å². The molecule has 0 spiro atoms. The number of nitrogens with zero attached hydrogens (tertiary/aromatic N) is 2. The number of ether oxygens (including phenoxy) is 1. The van der Waals surface area contributed by atoms with Crippen LogP contribution in [0.5, 0.6) is 5.75 Å². The Balaban J connectivity index is 1.86. The quantitative estimate of drug-likeness (QED) is 0.541. The molecule has 8 nitrogen and oxygen atoms in total. The molecule has 1 saturated heterocycles. The smallest absolute Gasteiger partial charge is 0.293 e. The Morgan fingerprint density at radius 1 is 1.10 bits per heavy atom. The molecule has 0 saturated carbocycles. The molecule has 9 heteroatoms. The zero-order chi connectivity index (χ0) is 20.9. The van der Waals surface area contributed by atoms with Crippen LogP contribution < -0.4 is 10.1 Å². The van der Waals surface area contributed by atoms with Crippen LogP contribution in [0.1, 0.15) is 31.2 Å². The molecule has 0 bridgehead atoms. The number of nitrogens with one attached hydrogen (secondary N) is 1. The van der Waals surface area contributed by atoms with Crippen molar-refractivity contribution in [1.82, 2.24) is 4.31 Å². The molecule has 0 aliphatic carbocycles. The van der Waals surface area contributed by atoms with E-state index in [9.17, 15) is 18.5 Å². The molecule has 0 amide bonds. The maximum Gasteiger partial charge on any atom is 0.293 e. The fourth-order valence-electron chi connectivity index (χ4n) is 3.44. The largest absolute Gasteiger partial charge is 0.496 e. The molecular formula is C20H25N3O5S.